The Kier molecular flexibility index (Phi) is 4.97. The van der Waals surface area contributed by atoms with Gasteiger partial charge in [0.1, 0.15) is 0 Å². The first-order valence-electron chi connectivity index (χ1n) is 7.29. The Morgan fingerprint density at radius 2 is 2.00 bits per heavy atom. The van der Waals surface area contributed by atoms with E-state index >= 15 is 0 Å². The summed E-state index contributed by atoms with van der Waals surface area (Å²) in [6, 6.07) is 8.36. The number of hydrogen-bond donors (Lipinski definition) is 2. The first-order chi connectivity index (χ1) is 9.24. The number of hydrogen-bond acceptors (Lipinski definition) is 2. The summed E-state index contributed by atoms with van der Waals surface area (Å²) in [6.45, 7) is 3.61. The van der Waals surface area contributed by atoms with Crippen LogP contribution in [0.1, 0.15) is 30.9 Å². The zero-order valence-electron chi connectivity index (χ0n) is 11.7. The van der Waals surface area contributed by atoms with Crippen molar-refractivity contribution in [2.75, 3.05) is 13.1 Å². The van der Waals surface area contributed by atoms with E-state index in [0.717, 1.165) is 32.2 Å². The number of benzene rings is 1. The lowest BCUT2D eigenvalue weighted by atomic mass is 10.0. The number of amides is 1. The van der Waals surface area contributed by atoms with Gasteiger partial charge in [0, 0.05) is 12.5 Å². The molecule has 0 aliphatic heterocycles. The van der Waals surface area contributed by atoms with E-state index in [9.17, 15) is 4.79 Å². The van der Waals surface area contributed by atoms with Gasteiger partial charge in [-0.1, -0.05) is 37.6 Å². The molecule has 104 valence electrons. The Morgan fingerprint density at radius 1 is 1.37 bits per heavy atom. The van der Waals surface area contributed by atoms with Gasteiger partial charge < -0.3 is 11.1 Å². The van der Waals surface area contributed by atoms with Gasteiger partial charge in [0.25, 0.3) is 0 Å². The van der Waals surface area contributed by atoms with E-state index in [-0.39, 0.29) is 11.8 Å². The fourth-order valence-electron chi connectivity index (χ4n) is 2.82. The van der Waals surface area contributed by atoms with Crippen molar-refractivity contribution in [3.63, 3.8) is 0 Å². The highest BCUT2D eigenvalue weighted by molar-refractivity contribution is 5.80. The Hall–Kier alpha value is -1.35. The van der Waals surface area contributed by atoms with Crippen LogP contribution in [0.5, 0.6) is 0 Å². The van der Waals surface area contributed by atoms with E-state index < -0.39 is 0 Å². The van der Waals surface area contributed by atoms with Crippen molar-refractivity contribution in [3.8, 4) is 0 Å². The zero-order chi connectivity index (χ0) is 13.7. The standard InChI is InChI=1S/C16H24N2O/c1-2-12(7-8-17)11-18-16(19)15-9-13-5-3-4-6-14(13)10-15/h3-6,12,15H,2,7-11,17H2,1H3,(H,18,19). The summed E-state index contributed by atoms with van der Waals surface area (Å²) in [6.07, 6.45) is 3.83. The summed E-state index contributed by atoms with van der Waals surface area (Å²) >= 11 is 0. The van der Waals surface area contributed by atoms with E-state index in [1.54, 1.807) is 0 Å². The van der Waals surface area contributed by atoms with Crippen molar-refractivity contribution >= 4 is 5.91 Å². The minimum atomic E-state index is 0.118. The molecule has 1 unspecified atom stereocenters. The van der Waals surface area contributed by atoms with Crippen molar-refractivity contribution < 1.29 is 4.79 Å². The topological polar surface area (TPSA) is 55.1 Å². The Balaban J connectivity index is 1.83. The molecule has 1 atom stereocenters. The van der Waals surface area contributed by atoms with Crippen molar-refractivity contribution in [1.82, 2.24) is 5.32 Å². The Bertz CT molecular complexity index is 406. The molecule has 0 bridgehead atoms. The van der Waals surface area contributed by atoms with Crippen LogP contribution in [0.2, 0.25) is 0 Å². The van der Waals surface area contributed by atoms with Crippen LogP contribution in [0.15, 0.2) is 24.3 Å². The van der Waals surface area contributed by atoms with Gasteiger partial charge in [-0.2, -0.15) is 0 Å². The molecule has 0 saturated heterocycles. The monoisotopic (exact) mass is 260 g/mol. The van der Waals surface area contributed by atoms with Crippen molar-refractivity contribution in [2.45, 2.75) is 32.6 Å². The number of nitrogens with one attached hydrogen (secondary N) is 1. The largest absolute Gasteiger partial charge is 0.356 e. The SMILES string of the molecule is CCC(CCN)CNC(=O)C1Cc2ccccc2C1. The summed E-state index contributed by atoms with van der Waals surface area (Å²) < 4.78 is 0. The third-order valence-electron chi connectivity index (χ3n) is 4.14. The van der Waals surface area contributed by atoms with Gasteiger partial charge in [-0.3, -0.25) is 4.79 Å². The molecule has 0 radical (unpaired) electrons. The van der Waals surface area contributed by atoms with Gasteiger partial charge in [-0.25, -0.2) is 0 Å². The molecule has 3 nitrogen and oxygen atoms in total. The zero-order valence-corrected chi connectivity index (χ0v) is 11.7. The van der Waals surface area contributed by atoms with E-state index in [4.69, 9.17) is 5.73 Å². The maximum atomic E-state index is 12.2. The normalized spacial score (nSPS) is 16.1. The molecule has 3 N–H and O–H groups in total. The average molecular weight is 260 g/mol. The van der Waals surface area contributed by atoms with Crippen LogP contribution < -0.4 is 11.1 Å². The van der Waals surface area contributed by atoms with Crippen molar-refractivity contribution in [3.05, 3.63) is 35.4 Å². The predicted molar refractivity (Wildman–Crippen MR) is 77.8 cm³/mol. The number of rotatable bonds is 6. The van der Waals surface area contributed by atoms with Gasteiger partial charge in [0.15, 0.2) is 0 Å². The van der Waals surface area contributed by atoms with E-state index in [1.807, 2.05) is 12.1 Å². The molecule has 0 spiro atoms. The molecule has 3 heteroatoms. The average Bonchev–Trinajstić information content (AvgIpc) is 2.87. The Morgan fingerprint density at radius 3 is 2.53 bits per heavy atom. The molecule has 1 aliphatic carbocycles. The third-order valence-corrected chi connectivity index (χ3v) is 4.14. The van der Waals surface area contributed by atoms with Crippen LogP contribution in [0.4, 0.5) is 0 Å². The van der Waals surface area contributed by atoms with Crippen molar-refractivity contribution in [2.24, 2.45) is 17.6 Å². The van der Waals surface area contributed by atoms with E-state index in [0.29, 0.717) is 12.5 Å². The number of nitrogens with two attached hydrogens (primary N) is 1. The number of fused-ring (bicyclic) bond motifs is 1. The number of carbonyl (C=O) groups excluding carboxylic acids is 1. The summed E-state index contributed by atoms with van der Waals surface area (Å²) in [5.74, 6) is 0.831. The summed E-state index contributed by atoms with van der Waals surface area (Å²) in [7, 11) is 0. The van der Waals surface area contributed by atoms with E-state index in [1.165, 1.54) is 11.1 Å². The van der Waals surface area contributed by atoms with Gasteiger partial charge in [0.05, 0.1) is 0 Å². The first kappa shape index (κ1) is 14.1. The summed E-state index contributed by atoms with van der Waals surface area (Å²) in [4.78, 5) is 12.2. The third kappa shape index (κ3) is 3.57. The lowest BCUT2D eigenvalue weighted by Gasteiger charge is -2.16. The quantitative estimate of drug-likeness (QED) is 0.820. The molecule has 1 aromatic rings. The molecule has 0 heterocycles. The highest BCUT2D eigenvalue weighted by atomic mass is 16.1. The second-order valence-corrected chi connectivity index (χ2v) is 5.47. The fourth-order valence-corrected chi connectivity index (χ4v) is 2.82. The Labute approximate surface area is 115 Å². The number of carbonyl (C=O) groups is 1. The van der Waals surface area contributed by atoms with Crippen molar-refractivity contribution in [1.29, 1.82) is 0 Å². The van der Waals surface area contributed by atoms with Crippen LogP contribution in [0.25, 0.3) is 0 Å². The minimum Gasteiger partial charge on any atom is -0.356 e. The molecule has 1 aliphatic rings. The van der Waals surface area contributed by atoms with Gasteiger partial charge in [0.2, 0.25) is 5.91 Å². The molecular formula is C16H24N2O. The maximum absolute atomic E-state index is 12.2. The van der Waals surface area contributed by atoms with Crippen LogP contribution >= 0.6 is 0 Å². The molecule has 0 aromatic heterocycles. The minimum absolute atomic E-state index is 0.118. The van der Waals surface area contributed by atoms with Gasteiger partial charge in [-0.05, 0) is 42.9 Å². The lowest BCUT2D eigenvalue weighted by molar-refractivity contribution is -0.124. The second kappa shape index (κ2) is 6.71. The smallest absolute Gasteiger partial charge is 0.223 e. The first-order valence-corrected chi connectivity index (χ1v) is 7.29. The van der Waals surface area contributed by atoms with E-state index in [2.05, 4.69) is 24.4 Å². The van der Waals surface area contributed by atoms with Gasteiger partial charge >= 0.3 is 0 Å². The molecule has 0 fully saturated rings. The molecule has 2 rings (SSSR count). The maximum Gasteiger partial charge on any atom is 0.223 e. The van der Waals surface area contributed by atoms with Crippen LogP contribution in [-0.2, 0) is 17.6 Å². The molecule has 0 saturated carbocycles. The molecule has 19 heavy (non-hydrogen) atoms. The van der Waals surface area contributed by atoms with Crippen LogP contribution in [0, 0.1) is 11.8 Å². The highest BCUT2D eigenvalue weighted by Crippen LogP contribution is 2.26. The molecular weight excluding hydrogens is 236 g/mol. The second-order valence-electron chi connectivity index (χ2n) is 5.47. The predicted octanol–water partition coefficient (Wildman–Crippen LogP) is 1.89. The highest BCUT2D eigenvalue weighted by Gasteiger charge is 2.26. The van der Waals surface area contributed by atoms with Gasteiger partial charge in [-0.15, -0.1) is 0 Å². The fraction of sp³-hybridized carbons (Fsp3) is 0.562. The summed E-state index contributed by atoms with van der Waals surface area (Å²) in [5.41, 5.74) is 8.24. The molecule has 1 amide bonds. The lowest BCUT2D eigenvalue weighted by Crippen LogP contribution is -2.35. The molecule has 1 aromatic carbocycles. The van der Waals surface area contributed by atoms with Crippen LogP contribution in [-0.4, -0.2) is 19.0 Å². The summed E-state index contributed by atoms with van der Waals surface area (Å²) in [5, 5.41) is 3.10. The van der Waals surface area contributed by atoms with Crippen LogP contribution in [0.3, 0.4) is 0 Å².